The summed E-state index contributed by atoms with van der Waals surface area (Å²) in [5.74, 6) is 0.676. The second-order valence-corrected chi connectivity index (χ2v) is 5.59. The SMILES string of the molecule is Cc1c(C(C)C)sc2sccc12. The Labute approximate surface area is 80.9 Å². The van der Waals surface area contributed by atoms with Crippen LogP contribution in [0.25, 0.3) is 9.40 Å². The van der Waals surface area contributed by atoms with E-state index in [0.717, 1.165) is 0 Å². The van der Waals surface area contributed by atoms with Crippen molar-refractivity contribution in [2.45, 2.75) is 26.7 Å². The van der Waals surface area contributed by atoms with Crippen molar-refractivity contribution in [2.75, 3.05) is 0 Å². The molecule has 0 unspecified atom stereocenters. The largest absolute Gasteiger partial charge is 0.133 e. The van der Waals surface area contributed by atoms with Gasteiger partial charge in [-0.2, -0.15) is 0 Å². The summed E-state index contributed by atoms with van der Waals surface area (Å²) in [6.45, 7) is 6.77. The zero-order valence-corrected chi connectivity index (χ0v) is 9.18. The lowest BCUT2D eigenvalue weighted by Crippen LogP contribution is -1.83. The zero-order chi connectivity index (χ0) is 8.72. The van der Waals surface area contributed by atoms with Gasteiger partial charge in [0.15, 0.2) is 0 Å². The van der Waals surface area contributed by atoms with Crippen molar-refractivity contribution in [2.24, 2.45) is 0 Å². The molecule has 0 nitrogen and oxygen atoms in total. The first kappa shape index (κ1) is 8.27. The molecule has 0 aliphatic carbocycles. The fourth-order valence-corrected chi connectivity index (χ4v) is 3.85. The van der Waals surface area contributed by atoms with Gasteiger partial charge < -0.3 is 0 Å². The Kier molecular flexibility index (Phi) is 1.97. The zero-order valence-electron chi connectivity index (χ0n) is 7.55. The molecule has 12 heavy (non-hydrogen) atoms. The third-order valence-corrected chi connectivity index (χ3v) is 4.78. The van der Waals surface area contributed by atoms with Gasteiger partial charge in [0, 0.05) is 10.3 Å². The molecule has 0 radical (unpaired) electrons. The highest BCUT2D eigenvalue weighted by molar-refractivity contribution is 7.37. The molecule has 2 aromatic heterocycles. The first-order chi connectivity index (χ1) is 5.70. The highest BCUT2D eigenvalue weighted by atomic mass is 32.2. The molecule has 2 aromatic rings. The van der Waals surface area contributed by atoms with Crippen molar-refractivity contribution < 1.29 is 0 Å². The van der Waals surface area contributed by atoms with Crippen LogP contribution >= 0.6 is 22.7 Å². The second kappa shape index (κ2) is 2.86. The number of rotatable bonds is 1. The summed E-state index contributed by atoms with van der Waals surface area (Å²) in [5, 5.41) is 3.65. The van der Waals surface area contributed by atoms with E-state index in [1.165, 1.54) is 15.0 Å². The van der Waals surface area contributed by atoms with Crippen LogP contribution in [-0.4, -0.2) is 0 Å². The maximum atomic E-state index is 2.27. The summed E-state index contributed by atoms with van der Waals surface area (Å²) in [7, 11) is 0. The smallest absolute Gasteiger partial charge is 0.0870 e. The molecular weight excluding hydrogens is 184 g/mol. The molecule has 0 aliphatic rings. The third-order valence-electron chi connectivity index (χ3n) is 2.13. The molecule has 0 aliphatic heterocycles. The van der Waals surface area contributed by atoms with E-state index in [4.69, 9.17) is 0 Å². The summed E-state index contributed by atoms with van der Waals surface area (Å²) >= 11 is 3.82. The lowest BCUT2D eigenvalue weighted by Gasteiger charge is -2.01. The predicted octanol–water partition coefficient (Wildman–Crippen LogP) is 4.39. The fourth-order valence-electron chi connectivity index (χ4n) is 1.51. The van der Waals surface area contributed by atoms with Crippen LogP contribution in [-0.2, 0) is 0 Å². The van der Waals surface area contributed by atoms with Gasteiger partial charge in [-0.1, -0.05) is 13.8 Å². The quantitative estimate of drug-likeness (QED) is 0.634. The highest BCUT2D eigenvalue weighted by Gasteiger charge is 2.11. The van der Waals surface area contributed by atoms with Crippen LogP contribution in [0.4, 0.5) is 0 Å². The van der Waals surface area contributed by atoms with Crippen LogP contribution in [0.5, 0.6) is 0 Å². The molecule has 0 fully saturated rings. The molecular formula is C10H12S2. The first-order valence-electron chi connectivity index (χ1n) is 4.16. The summed E-state index contributed by atoms with van der Waals surface area (Å²) in [6.07, 6.45) is 0. The van der Waals surface area contributed by atoms with Crippen LogP contribution in [0.15, 0.2) is 11.4 Å². The van der Waals surface area contributed by atoms with Gasteiger partial charge in [0.25, 0.3) is 0 Å². The van der Waals surface area contributed by atoms with E-state index in [1.54, 1.807) is 4.88 Å². The average molecular weight is 196 g/mol. The lowest BCUT2D eigenvalue weighted by atomic mass is 10.1. The molecule has 0 bridgehead atoms. The molecule has 0 N–H and O–H groups in total. The lowest BCUT2D eigenvalue weighted by molar-refractivity contribution is 0.882. The number of hydrogen-bond acceptors (Lipinski definition) is 2. The van der Waals surface area contributed by atoms with E-state index in [-0.39, 0.29) is 0 Å². The Hall–Kier alpha value is -0.340. The predicted molar refractivity (Wildman–Crippen MR) is 58.5 cm³/mol. The van der Waals surface area contributed by atoms with Crippen LogP contribution in [0.1, 0.15) is 30.2 Å². The van der Waals surface area contributed by atoms with Gasteiger partial charge in [0.05, 0.1) is 4.01 Å². The maximum Gasteiger partial charge on any atom is 0.0870 e. The van der Waals surface area contributed by atoms with Crippen molar-refractivity contribution >= 4 is 32.1 Å². The molecule has 2 heteroatoms. The van der Waals surface area contributed by atoms with Crippen molar-refractivity contribution in [3.05, 3.63) is 21.9 Å². The Morgan fingerprint density at radius 2 is 2.08 bits per heavy atom. The summed E-state index contributed by atoms with van der Waals surface area (Å²) in [5.41, 5.74) is 1.49. The van der Waals surface area contributed by atoms with Crippen LogP contribution < -0.4 is 0 Å². The van der Waals surface area contributed by atoms with Gasteiger partial charge in [0.2, 0.25) is 0 Å². The Balaban J connectivity index is 2.70. The van der Waals surface area contributed by atoms with E-state index < -0.39 is 0 Å². The van der Waals surface area contributed by atoms with Gasteiger partial charge in [-0.3, -0.25) is 0 Å². The van der Waals surface area contributed by atoms with Gasteiger partial charge in [0.1, 0.15) is 0 Å². The van der Waals surface area contributed by atoms with Crippen LogP contribution in [0.3, 0.4) is 0 Å². The highest BCUT2D eigenvalue weighted by Crippen LogP contribution is 2.38. The maximum absolute atomic E-state index is 2.27. The topological polar surface area (TPSA) is 0 Å². The fraction of sp³-hybridized carbons (Fsp3) is 0.400. The van der Waals surface area contributed by atoms with Gasteiger partial charge >= 0.3 is 0 Å². The van der Waals surface area contributed by atoms with Crippen LogP contribution in [0, 0.1) is 6.92 Å². The Morgan fingerprint density at radius 1 is 1.33 bits per heavy atom. The minimum atomic E-state index is 0.676. The molecule has 0 aromatic carbocycles. The summed E-state index contributed by atoms with van der Waals surface area (Å²) < 4.78 is 1.48. The number of aryl methyl sites for hydroxylation is 1. The number of hydrogen-bond donors (Lipinski definition) is 0. The first-order valence-corrected chi connectivity index (χ1v) is 5.86. The normalized spacial score (nSPS) is 11.7. The number of thiophene rings is 2. The van der Waals surface area contributed by atoms with Gasteiger partial charge in [-0.05, 0) is 29.9 Å². The van der Waals surface area contributed by atoms with E-state index in [1.807, 2.05) is 22.7 Å². The molecule has 64 valence electrons. The molecule has 0 spiro atoms. The monoisotopic (exact) mass is 196 g/mol. The molecule has 2 rings (SSSR count). The second-order valence-electron chi connectivity index (χ2n) is 3.37. The van der Waals surface area contributed by atoms with Crippen LogP contribution in [0.2, 0.25) is 0 Å². The third kappa shape index (κ3) is 1.10. The van der Waals surface area contributed by atoms with E-state index in [0.29, 0.717) is 5.92 Å². The van der Waals surface area contributed by atoms with Crippen molar-refractivity contribution in [3.8, 4) is 0 Å². The molecule has 2 heterocycles. The van der Waals surface area contributed by atoms with E-state index in [9.17, 15) is 0 Å². The minimum Gasteiger partial charge on any atom is -0.133 e. The molecule has 0 amide bonds. The summed E-state index contributed by atoms with van der Waals surface area (Å²) in [4.78, 5) is 1.55. The average Bonchev–Trinajstić information content (AvgIpc) is 2.53. The Bertz CT molecular complexity index is 393. The van der Waals surface area contributed by atoms with E-state index in [2.05, 4.69) is 32.2 Å². The van der Waals surface area contributed by atoms with Crippen molar-refractivity contribution in [1.82, 2.24) is 0 Å². The molecule has 0 saturated carbocycles. The minimum absolute atomic E-state index is 0.676. The van der Waals surface area contributed by atoms with Gasteiger partial charge in [-0.15, -0.1) is 22.7 Å². The Morgan fingerprint density at radius 3 is 2.67 bits per heavy atom. The van der Waals surface area contributed by atoms with Crippen molar-refractivity contribution in [1.29, 1.82) is 0 Å². The number of fused-ring (bicyclic) bond motifs is 1. The van der Waals surface area contributed by atoms with Gasteiger partial charge in [-0.25, -0.2) is 0 Å². The van der Waals surface area contributed by atoms with E-state index >= 15 is 0 Å². The summed E-state index contributed by atoms with van der Waals surface area (Å²) in [6, 6.07) is 2.23. The standard InChI is InChI=1S/C10H12S2/c1-6(2)9-7(3)8-4-5-11-10(8)12-9/h4-6H,1-3H3. The molecule has 0 saturated heterocycles. The van der Waals surface area contributed by atoms with Crippen molar-refractivity contribution in [3.63, 3.8) is 0 Å². The molecule has 0 atom stereocenters.